The van der Waals surface area contributed by atoms with Gasteiger partial charge in [-0.2, -0.15) is 0 Å². The number of hydrogen-bond donors (Lipinski definition) is 1. The SMILES string of the molecule is CC(Br)C1(OC(=O)O)CCCCC1. The van der Waals surface area contributed by atoms with Gasteiger partial charge in [-0.3, -0.25) is 0 Å². The molecule has 1 N–H and O–H groups in total. The van der Waals surface area contributed by atoms with Crippen LogP contribution in [0.4, 0.5) is 4.79 Å². The quantitative estimate of drug-likeness (QED) is 0.605. The van der Waals surface area contributed by atoms with Gasteiger partial charge in [-0.05, 0) is 32.6 Å². The van der Waals surface area contributed by atoms with Crippen LogP contribution in [0.5, 0.6) is 0 Å². The van der Waals surface area contributed by atoms with Crippen LogP contribution in [-0.4, -0.2) is 21.7 Å². The fourth-order valence-electron chi connectivity index (χ4n) is 1.91. The Morgan fingerprint density at radius 1 is 1.46 bits per heavy atom. The molecule has 0 bridgehead atoms. The Hall–Kier alpha value is -0.250. The molecule has 0 aromatic heterocycles. The third-order valence-corrected chi connectivity index (χ3v) is 3.55. The molecule has 1 atom stereocenters. The topological polar surface area (TPSA) is 46.5 Å². The number of alkyl halides is 1. The fourth-order valence-corrected chi connectivity index (χ4v) is 2.46. The summed E-state index contributed by atoms with van der Waals surface area (Å²) in [7, 11) is 0. The van der Waals surface area contributed by atoms with E-state index in [1.165, 1.54) is 6.42 Å². The van der Waals surface area contributed by atoms with Crippen molar-refractivity contribution in [3.05, 3.63) is 0 Å². The Labute approximate surface area is 86.6 Å². The lowest BCUT2D eigenvalue weighted by atomic mass is 9.83. The van der Waals surface area contributed by atoms with Crippen molar-refractivity contribution in [2.75, 3.05) is 0 Å². The van der Waals surface area contributed by atoms with Crippen molar-refractivity contribution in [1.29, 1.82) is 0 Å². The maximum atomic E-state index is 10.5. The van der Waals surface area contributed by atoms with Crippen LogP contribution < -0.4 is 0 Å². The van der Waals surface area contributed by atoms with E-state index in [1.807, 2.05) is 6.92 Å². The summed E-state index contributed by atoms with van der Waals surface area (Å²) in [6.45, 7) is 1.95. The predicted octanol–water partition coefficient (Wildman–Crippen LogP) is 3.17. The number of halogens is 1. The molecule has 1 unspecified atom stereocenters. The standard InChI is InChI=1S/C9H15BrO3/c1-7(10)9(13-8(11)12)5-3-2-4-6-9/h7H,2-6H2,1H3,(H,11,12). The molecule has 13 heavy (non-hydrogen) atoms. The Balaban J connectivity index is 2.67. The summed E-state index contributed by atoms with van der Waals surface area (Å²) in [6, 6.07) is 0. The van der Waals surface area contributed by atoms with Gasteiger partial charge < -0.3 is 9.84 Å². The first-order valence-corrected chi connectivity index (χ1v) is 5.54. The maximum Gasteiger partial charge on any atom is 0.506 e. The molecule has 1 rings (SSSR count). The van der Waals surface area contributed by atoms with Crippen LogP contribution in [0, 0.1) is 0 Å². The predicted molar refractivity (Wildman–Crippen MR) is 53.3 cm³/mol. The van der Waals surface area contributed by atoms with Crippen molar-refractivity contribution in [2.24, 2.45) is 0 Å². The van der Waals surface area contributed by atoms with Gasteiger partial charge in [0.15, 0.2) is 0 Å². The first-order chi connectivity index (χ1) is 6.07. The zero-order valence-electron chi connectivity index (χ0n) is 7.75. The van der Waals surface area contributed by atoms with Crippen molar-refractivity contribution in [2.45, 2.75) is 49.5 Å². The molecular weight excluding hydrogens is 236 g/mol. The molecule has 0 aromatic carbocycles. The molecule has 0 aromatic rings. The number of ether oxygens (including phenoxy) is 1. The summed E-state index contributed by atoms with van der Waals surface area (Å²) < 4.78 is 5.01. The van der Waals surface area contributed by atoms with Crippen LogP contribution in [0.1, 0.15) is 39.0 Å². The summed E-state index contributed by atoms with van der Waals surface area (Å²) >= 11 is 3.43. The Bertz CT molecular complexity index is 185. The molecule has 0 spiro atoms. The van der Waals surface area contributed by atoms with Crippen LogP contribution in [0.3, 0.4) is 0 Å². The number of carboxylic acid groups (broad SMARTS) is 1. The third kappa shape index (κ3) is 2.59. The van der Waals surface area contributed by atoms with E-state index in [2.05, 4.69) is 15.9 Å². The lowest BCUT2D eigenvalue weighted by Gasteiger charge is -2.37. The van der Waals surface area contributed by atoms with Crippen molar-refractivity contribution in [3.63, 3.8) is 0 Å². The molecule has 4 heteroatoms. The van der Waals surface area contributed by atoms with E-state index < -0.39 is 11.8 Å². The molecule has 0 radical (unpaired) electrons. The first-order valence-electron chi connectivity index (χ1n) is 4.63. The highest BCUT2D eigenvalue weighted by Gasteiger charge is 2.40. The minimum Gasteiger partial charge on any atom is -0.450 e. The van der Waals surface area contributed by atoms with Crippen molar-refractivity contribution in [3.8, 4) is 0 Å². The molecule has 1 saturated carbocycles. The molecule has 0 aliphatic heterocycles. The van der Waals surface area contributed by atoms with Gasteiger partial charge in [0.2, 0.25) is 0 Å². The largest absolute Gasteiger partial charge is 0.506 e. The first kappa shape index (κ1) is 10.8. The lowest BCUT2D eigenvalue weighted by Crippen LogP contribution is -2.43. The average molecular weight is 251 g/mol. The average Bonchev–Trinajstić information content (AvgIpc) is 2.04. The second kappa shape index (κ2) is 4.31. The van der Waals surface area contributed by atoms with Crippen molar-refractivity contribution in [1.82, 2.24) is 0 Å². The van der Waals surface area contributed by atoms with Gasteiger partial charge in [0, 0.05) is 0 Å². The smallest absolute Gasteiger partial charge is 0.450 e. The number of carbonyl (C=O) groups is 1. The molecule has 3 nitrogen and oxygen atoms in total. The van der Waals surface area contributed by atoms with E-state index in [0.29, 0.717) is 0 Å². The highest BCUT2D eigenvalue weighted by Crippen LogP contribution is 2.37. The monoisotopic (exact) mass is 250 g/mol. The highest BCUT2D eigenvalue weighted by atomic mass is 79.9. The normalized spacial score (nSPS) is 23.5. The van der Waals surface area contributed by atoms with Crippen LogP contribution in [0.25, 0.3) is 0 Å². The van der Waals surface area contributed by atoms with Crippen LogP contribution in [-0.2, 0) is 4.74 Å². The molecular formula is C9H15BrO3. The van der Waals surface area contributed by atoms with Crippen LogP contribution in [0.2, 0.25) is 0 Å². The van der Waals surface area contributed by atoms with E-state index >= 15 is 0 Å². The highest BCUT2D eigenvalue weighted by molar-refractivity contribution is 9.09. The van der Waals surface area contributed by atoms with Gasteiger partial charge in [-0.15, -0.1) is 0 Å². The van der Waals surface area contributed by atoms with E-state index in [9.17, 15) is 4.79 Å². The second-order valence-electron chi connectivity index (χ2n) is 3.61. The Morgan fingerprint density at radius 2 is 2.00 bits per heavy atom. The lowest BCUT2D eigenvalue weighted by molar-refractivity contribution is -0.0389. The summed E-state index contributed by atoms with van der Waals surface area (Å²) in [5, 5.41) is 8.64. The van der Waals surface area contributed by atoms with Crippen molar-refractivity contribution < 1.29 is 14.6 Å². The molecule has 0 heterocycles. The van der Waals surface area contributed by atoms with Gasteiger partial charge in [0.05, 0.1) is 4.83 Å². The van der Waals surface area contributed by atoms with Crippen LogP contribution in [0.15, 0.2) is 0 Å². The minimum atomic E-state index is -1.16. The Morgan fingerprint density at radius 3 is 2.38 bits per heavy atom. The molecule has 76 valence electrons. The minimum absolute atomic E-state index is 0.0939. The second-order valence-corrected chi connectivity index (χ2v) is 4.98. The summed E-state index contributed by atoms with van der Waals surface area (Å²) in [4.78, 5) is 10.6. The number of rotatable bonds is 2. The molecule has 0 saturated heterocycles. The fraction of sp³-hybridized carbons (Fsp3) is 0.889. The molecule has 1 aliphatic carbocycles. The summed E-state index contributed by atoms with van der Waals surface area (Å²) in [5.41, 5.74) is -0.482. The van der Waals surface area contributed by atoms with Gasteiger partial charge >= 0.3 is 6.16 Å². The van der Waals surface area contributed by atoms with Gasteiger partial charge in [-0.25, -0.2) is 4.79 Å². The summed E-state index contributed by atoms with van der Waals surface area (Å²) in [6.07, 6.45) is 3.82. The third-order valence-electron chi connectivity index (χ3n) is 2.72. The molecule has 0 amide bonds. The summed E-state index contributed by atoms with van der Waals surface area (Å²) in [5.74, 6) is 0. The van der Waals surface area contributed by atoms with E-state index in [4.69, 9.17) is 9.84 Å². The van der Waals surface area contributed by atoms with E-state index in [-0.39, 0.29) is 4.83 Å². The number of hydrogen-bond acceptors (Lipinski definition) is 2. The van der Waals surface area contributed by atoms with Gasteiger partial charge in [0.25, 0.3) is 0 Å². The van der Waals surface area contributed by atoms with Crippen molar-refractivity contribution >= 4 is 22.1 Å². The zero-order valence-corrected chi connectivity index (χ0v) is 9.34. The van der Waals surface area contributed by atoms with Gasteiger partial charge in [0.1, 0.15) is 5.60 Å². The van der Waals surface area contributed by atoms with Gasteiger partial charge in [-0.1, -0.05) is 22.4 Å². The molecule has 1 fully saturated rings. The van der Waals surface area contributed by atoms with Crippen LogP contribution >= 0.6 is 15.9 Å². The van der Waals surface area contributed by atoms with E-state index in [0.717, 1.165) is 25.7 Å². The Kier molecular flexibility index (Phi) is 3.59. The maximum absolute atomic E-state index is 10.5. The zero-order chi connectivity index (χ0) is 9.90. The van der Waals surface area contributed by atoms with E-state index in [1.54, 1.807) is 0 Å². The molecule has 1 aliphatic rings.